The van der Waals surface area contributed by atoms with Crippen LogP contribution in [0.15, 0.2) is 17.0 Å². The molecule has 0 unspecified atom stereocenters. The Kier molecular flexibility index (Phi) is 3.13. The average Bonchev–Trinajstić information content (AvgIpc) is 2.03. The Morgan fingerprint density at radius 2 is 2.31 bits per heavy atom. The number of rotatable bonds is 2. The van der Waals surface area contributed by atoms with Crippen molar-refractivity contribution in [1.29, 1.82) is 0 Å². The molecule has 6 heteroatoms. The Hall–Kier alpha value is -0.780. The molecular weight excluding hydrogens is 212 g/mol. The number of amides is 1. The fraction of sp³-hybridized carbons (Fsp3) is 0.143. The monoisotopic (exact) mass is 218 g/mol. The lowest BCUT2D eigenvalue weighted by Gasteiger charge is -2.06. The molecule has 0 spiro atoms. The van der Waals surface area contributed by atoms with Crippen LogP contribution in [0.5, 0.6) is 0 Å². The van der Waals surface area contributed by atoms with Crippen molar-refractivity contribution in [1.82, 2.24) is 4.98 Å². The van der Waals surface area contributed by atoms with Gasteiger partial charge < -0.3 is 10.3 Å². The molecule has 0 aliphatic heterocycles. The molecule has 1 amide bonds. The van der Waals surface area contributed by atoms with Crippen LogP contribution in [-0.2, 0) is 11.2 Å². The third-order valence-electron chi connectivity index (χ3n) is 1.37. The molecule has 1 heterocycles. The van der Waals surface area contributed by atoms with E-state index in [9.17, 15) is 9.35 Å². The van der Waals surface area contributed by atoms with Gasteiger partial charge in [-0.05, 0) is 23.3 Å². The minimum Gasteiger partial charge on any atom is -0.612 e. The van der Waals surface area contributed by atoms with Crippen LogP contribution in [0.25, 0.3) is 0 Å². The maximum atomic E-state index is 11.1. The maximum absolute atomic E-state index is 11.1. The Morgan fingerprint density at radius 1 is 1.69 bits per heavy atom. The lowest BCUT2D eigenvalue weighted by atomic mass is 10.3. The summed E-state index contributed by atoms with van der Waals surface area (Å²) >= 11 is 4.26. The minimum atomic E-state index is -1.29. The van der Waals surface area contributed by atoms with Crippen LogP contribution in [0.2, 0.25) is 5.15 Å². The number of hydrogen-bond donors (Lipinski definition) is 1. The highest BCUT2D eigenvalue weighted by molar-refractivity contribution is 7.90. The number of primary amides is 1. The van der Waals surface area contributed by atoms with Gasteiger partial charge in [-0.3, -0.25) is 4.79 Å². The van der Waals surface area contributed by atoms with Gasteiger partial charge in [0.2, 0.25) is 0 Å². The predicted octanol–water partition coefficient (Wildman–Crippen LogP) is 0.571. The van der Waals surface area contributed by atoms with E-state index in [-0.39, 0.29) is 10.8 Å². The molecule has 0 fully saturated rings. The number of pyridine rings is 1. The maximum Gasteiger partial charge on any atom is 0.272 e. The van der Waals surface area contributed by atoms with E-state index in [1.165, 1.54) is 18.4 Å². The molecule has 13 heavy (non-hydrogen) atoms. The van der Waals surface area contributed by atoms with Gasteiger partial charge >= 0.3 is 0 Å². The van der Waals surface area contributed by atoms with E-state index in [2.05, 4.69) is 4.98 Å². The average molecular weight is 219 g/mol. The highest BCUT2D eigenvalue weighted by Crippen LogP contribution is 2.16. The molecule has 0 aliphatic carbocycles. The summed E-state index contributed by atoms with van der Waals surface area (Å²) in [5, 5.41) is 0.156. The van der Waals surface area contributed by atoms with Crippen molar-refractivity contribution in [2.45, 2.75) is 4.90 Å². The van der Waals surface area contributed by atoms with Crippen molar-refractivity contribution in [3.63, 3.8) is 0 Å². The van der Waals surface area contributed by atoms with E-state index >= 15 is 0 Å². The largest absolute Gasteiger partial charge is 0.612 e. The molecule has 0 radical (unpaired) electrons. The first-order chi connectivity index (χ1) is 6.02. The summed E-state index contributed by atoms with van der Waals surface area (Å²) < 4.78 is 11.1. The van der Waals surface area contributed by atoms with Gasteiger partial charge in [0, 0.05) is 0 Å². The Bertz CT molecular complexity index is 343. The van der Waals surface area contributed by atoms with Gasteiger partial charge in [-0.1, -0.05) is 11.6 Å². The van der Waals surface area contributed by atoms with Gasteiger partial charge in [0.1, 0.15) is 11.4 Å². The van der Waals surface area contributed by atoms with Crippen molar-refractivity contribution >= 4 is 28.7 Å². The topological polar surface area (TPSA) is 79.0 Å². The van der Waals surface area contributed by atoms with E-state index in [0.29, 0.717) is 4.90 Å². The number of hydrogen-bond acceptors (Lipinski definition) is 3. The quantitative estimate of drug-likeness (QED) is 0.582. The third-order valence-corrected chi connectivity index (χ3v) is 2.53. The molecular formula is C7H7ClN2O2S. The van der Waals surface area contributed by atoms with Gasteiger partial charge in [-0.15, -0.1) is 0 Å². The van der Waals surface area contributed by atoms with Crippen LogP contribution in [0.4, 0.5) is 0 Å². The molecule has 0 bridgehead atoms. The van der Waals surface area contributed by atoms with Gasteiger partial charge in [-0.25, -0.2) is 4.98 Å². The molecule has 4 nitrogen and oxygen atoms in total. The van der Waals surface area contributed by atoms with Crippen LogP contribution in [0.1, 0.15) is 10.5 Å². The molecule has 2 N–H and O–H groups in total. The fourth-order valence-corrected chi connectivity index (χ4v) is 1.66. The van der Waals surface area contributed by atoms with Crippen molar-refractivity contribution in [2.24, 2.45) is 5.73 Å². The zero-order chi connectivity index (χ0) is 10.0. The molecule has 1 rings (SSSR count). The third kappa shape index (κ3) is 2.33. The highest BCUT2D eigenvalue weighted by Gasteiger charge is 2.17. The lowest BCUT2D eigenvalue weighted by molar-refractivity contribution is 0.0992. The van der Waals surface area contributed by atoms with Crippen LogP contribution in [0.3, 0.4) is 0 Å². The number of nitrogens with zero attached hydrogens (tertiary/aromatic N) is 1. The van der Waals surface area contributed by atoms with E-state index in [0.717, 1.165) is 0 Å². The van der Waals surface area contributed by atoms with Crippen molar-refractivity contribution in [3.05, 3.63) is 23.0 Å². The number of carbonyl (C=O) groups excluding carboxylic acids is 1. The summed E-state index contributed by atoms with van der Waals surface area (Å²) in [5.41, 5.74) is 4.99. The van der Waals surface area contributed by atoms with Gasteiger partial charge in [0.05, 0.1) is 0 Å². The van der Waals surface area contributed by atoms with Crippen LogP contribution in [-0.4, -0.2) is 21.7 Å². The number of carbonyl (C=O) groups is 1. The molecule has 70 valence electrons. The second-order valence-electron chi connectivity index (χ2n) is 2.30. The Labute approximate surface area is 83.3 Å². The standard InChI is InChI=1S/C7H7ClN2O2S/c1-13(12)4-2-3-5(8)10-6(4)7(9)11/h2-3H,1H3,(H2,9,11)/t13-/m1/s1. The first kappa shape index (κ1) is 10.3. The van der Waals surface area contributed by atoms with Crippen molar-refractivity contribution in [2.75, 3.05) is 6.26 Å². The molecule has 0 aromatic carbocycles. The molecule has 0 saturated carbocycles. The van der Waals surface area contributed by atoms with Crippen LogP contribution in [0, 0.1) is 0 Å². The molecule has 0 saturated heterocycles. The minimum absolute atomic E-state index is 0.0340. The Balaban J connectivity index is 3.27. The first-order valence-corrected chi connectivity index (χ1v) is 5.25. The summed E-state index contributed by atoms with van der Waals surface area (Å²) in [7, 11) is 0. The van der Waals surface area contributed by atoms with Gasteiger partial charge in [0.15, 0.2) is 10.6 Å². The summed E-state index contributed by atoms with van der Waals surface area (Å²) in [5.74, 6) is -0.729. The van der Waals surface area contributed by atoms with E-state index in [1.807, 2.05) is 0 Å². The van der Waals surface area contributed by atoms with Crippen LogP contribution >= 0.6 is 11.6 Å². The van der Waals surface area contributed by atoms with Crippen molar-refractivity contribution in [3.8, 4) is 0 Å². The number of halogens is 1. The van der Waals surface area contributed by atoms with Gasteiger partial charge in [-0.2, -0.15) is 0 Å². The SMILES string of the molecule is C[S@@+]([O-])c1ccc(Cl)nc1C(N)=O. The predicted molar refractivity (Wildman–Crippen MR) is 50.1 cm³/mol. The number of aromatic nitrogens is 1. The molecule has 0 aliphatic rings. The second kappa shape index (κ2) is 3.95. The molecule has 1 aromatic rings. The summed E-state index contributed by atoms with van der Waals surface area (Å²) in [4.78, 5) is 14.8. The zero-order valence-electron chi connectivity index (χ0n) is 6.78. The Morgan fingerprint density at radius 3 is 2.77 bits per heavy atom. The summed E-state index contributed by atoms with van der Waals surface area (Å²) in [6, 6.07) is 2.94. The summed E-state index contributed by atoms with van der Waals surface area (Å²) in [6.07, 6.45) is 1.44. The highest BCUT2D eigenvalue weighted by atomic mass is 35.5. The van der Waals surface area contributed by atoms with Crippen LogP contribution < -0.4 is 5.73 Å². The van der Waals surface area contributed by atoms with E-state index in [4.69, 9.17) is 17.3 Å². The molecule has 1 aromatic heterocycles. The van der Waals surface area contributed by atoms with E-state index in [1.54, 1.807) is 0 Å². The smallest absolute Gasteiger partial charge is 0.272 e. The normalized spacial score (nSPS) is 12.5. The van der Waals surface area contributed by atoms with Crippen molar-refractivity contribution < 1.29 is 9.35 Å². The lowest BCUT2D eigenvalue weighted by Crippen LogP contribution is -2.17. The van der Waals surface area contributed by atoms with E-state index < -0.39 is 17.1 Å². The number of nitrogens with two attached hydrogens (primary N) is 1. The van der Waals surface area contributed by atoms with Gasteiger partial charge in [0.25, 0.3) is 5.91 Å². The first-order valence-electron chi connectivity index (χ1n) is 3.32. The summed E-state index contributed by atoms with van der Waals surface area (Å²) in [6.45, 7) is 0. The molecule has 1 atom stereocenters. The zero-order valence-corrected chi connectivity index (χ0v) is 8.35. The second-order valence-corrected chi connectivity index (χ2v) is 4.03. The fourth-order valence-electron chi connectivity index (χ4n) is 0.831.